The Kier molecular flexibility index (Phi) is 2.68. The summed E-state index contributed by atoms with van der Waals surface area (Å²) in [5.74, 6) is 0. The van der Waals surface area contributed by atoms with Gasteiger partial charge in [0.15, 0.2) is 0 Å². The Labute approximate surface area is 111 Å². The second-order valence-corrected chi connectivity index (χ2v) is 4.66. The van der Waals surface area contributed by atoms with Crippen LogP contribution < -0.4 is 0 Å². The van der Waals surface area contributed by atoms with Crippen molar-refractivity contribution in [3.05, 3.63) is 65.1 Å². The fraction of sp³-hybridized carbons (Fsp3) is 0.0667. The SMILES string of the molecule is Cc1ccc(-n2cnc(=S)c3ccccc32)cc1. The minimum Gasteiger partial charge on any atom is -0.300 e. The zero-order chi connectivity index (χ0) is 12.5. The zero-order valence-corrected chi connectivity index (χ0v) is 10.8. The van der Waals surface area contributed by atoms with Crippen molar-refractivity contribution in [1.82, 2.24) is 9.55 Å². The molecule has 0 atom stereocenters. The first kappa shape index (κ1) is 11.1. The first-order chi connectivity index (χ1) is 8.75. The van der Waals surface area contributed by atoms with Crippen molar-refractivity contribution < 1.29 is 0 Å². The largest absolute Gasteiger partial charge is 0.300 e. The van der Waals surface area contributed by atoms with Gasteiger partial charge in [-0.15, -0.1) is 0 Å². The standard InChI is InChI=1S/C15H12N2S/c1-11-6-8-12(9-7-11)17-10-16-15(18)13-4-2-3-5-14(13)17/h2-10H,1H3. The fourth-order valence-electron chi connectivity index (χ4n) is 2.02. The number of benzene rings is 2. The van der Waals surface area contributed by atoms with Crippen LogP contribution in [-0.4, -0.2) is 9.55 Å². The van der Waals surface area contributed by atoms with Crippen LogP contribution in [0.2, 0.25) is 0 Å². The number of hydrogen-bond donors (Lipinski definition) is 0. The third-order valence-electron chi connectivity index (χ3n) is 3.00. The van der Waals surface area contributed by atoms with Crippen LogP contribution in [0.1, 0.15) is 5.56 Å². The molecule has 0 N–H and O–H groups in total. The molecule has 1 heterocycles. The first-order valence-corrected chi connectivity index (χ1v) is 6.20. The van der Waals surface area contributed by atoms with Crippen molar-refractivity contribution in [3.8, 4) is 5.69 Å². The van der Waals surface area contributed by atoms with Crippen molar-refractivity contribution in [2.24, 2.45) is 0 Å². The molecule has 3 aromatic rings. The molecular formula is C15H12N2S. The van der Waals surface area contributed by atoms with Gasteiger partial charge in [0.05, 0.1) is 5.52 Å². The number of rotatable bonds is 1. The Morgan fingerprint density at radius 2 is 1.72 bits per heavy atom. The maximum Gasteiger partial charge on any atom is 0.137 e. The van der Waals surface area contributed by atoms with E-state index in [1.807, 2.05) is 18.2 Å². The second-order valence-electron chi connectivity index (χ2n) is 4.27. The minimum atomic E-state index is 0.647. The summed E-state index contributed by atoms with van der Waals surface area (Å²) in [7, 11) is 0. The van der Waals surface area contributed by atoms with Gasteiger partial charge in [-0.3, -0.25) is 0 Å². The van der Waals surface area contributed by atoms with Crippen LogP contribution >= 0.6 is 12.2 Å². The summed E-state index contributed by atoms with van der Waals surface area (Å²) in [4.78, 5) is 4.28. The molecule has 3 heteroatoms. The van der Waals surface area contributed by atoms with Crippen LogP contribution in [0.3, 0.4) is 0 Å². The molecule has 0 aliphatic heterocycles. The lowest BCUT2D eigenvalue weighted by Crippen LogP contribution is -1.99. The molecule has 0 radical (unpaired) electrons. The third-order valence-corrected chi connectivity index (χ3v) is 3.32. The molecule has 88 valence electrons. The molecule has 0 aliphatic carbocycles. The van der Waals surface area contributed by atoms with Crippen LogP contribution in [0.5, 0.6) is 0 Å². The topological polar surface area (TPSA) is 17.8 Å². The van der Waals surface area contributed by atoms with Gasteiger partial charge >= 0.3 is 0 Å². The van der Waals surface area contributed by atoms with Gasteiger partial charge in [0.25, 0.3) is 0 Å². The quantitative estimate of drug-likeness (QED) is 0.608. The summed E-state index contributed by atoms with van der Waals surface area (Å²) >= 11 is 5.26. The highest BCUT2D eigenvalue weighted by molar-refractivity contribution is 7.71. The van der Waals surface area contributed by atoms with Crippen molar-refractivity contribution in [2.75, 3.05) is 0 Å². The lowest BCUT2D eigenvalue weighted by molar-refractivity contribution is 1.03. The van der Waals surface area contributed by atoms with E-state index in [9.17, 15) is 0 Å². The van der Waals surface area contributed by atoms with Gasteiger partial charge in [-0.25, -0.2) is 4.98 Å². The molecule has 0 amide bonds. The number of hydrogen-bond acceptors (Lipinski definition) is 2. The smallest absolute Gasteiger partial charge is 0.137 e. The van der Waals surface area contributed by atoms with E-state index < -0.39 is 0 Å². The number of fused-ring (bicyclic) bond motifs is 1. The van der Waals surface area contributed by atoms with Crippen LogP contribution in [0.4, 0.5) is 0 Å². The first-order valence-electron chi connectivity index (χ1n) is 5.79. The summed E-state index contributed by atoms with van der Waals surface area (Å²) in [6, 6.07) is 16.4. The van der Waals surface area contributed by atoms with E-state index in [-0.39, 0.29) is 0 Å². The number of para-hydroxylation sites is 1. The molecule has 0 saturated carbocycles. The van der Waals surface area contributed by atoms with E-state index >= 15 is 0 Å². The molecule has 1 aromatic heterocycles. The Hall–Kier alpha value is -2.00. The molecular weight excluding hydrogens is 240 g/mol. The molecule has 2 nitrogen and oxygen atoms in total. The van der Waals surface area contributed by atoms with Gasteiger partial charge in [0, 0.05) is 11.1 Å². The molecule has 0 saturated heterocycles. The van der Waals surface area contributed by atoms with Crippen LogP contribution in [-0.2, 0) is 0 Å². The minimum absolute atomic E-state index is 0.647. The highest BCUT2D eigenvalue weighted by atomic mass is 32.1. The van der Waals surface area contributed by atoms with Crippen molar-refractivity contribution in [3.63, 3.8) is 0 Å². The number of aromatic nitrogens is 2. The highest BCUT2D eigenvalue weighted by Gasteiger charge is 2.02. The van der Waals surface area contributed by atoms with E-state index in [1.54, 1.807) is 6.33 Å². The van der Waals surface area contributed by atoms with Gasteiger partial charge in [-0.05, 0) is 31.2 Å². The van der Waals surface area contributed by atoms with Crippen LogP contribution in [0.25, 0.3) is 16.6 Å². The maximum absolute atomic E-state index is 5.26. The molecule has 3 rings (SSSR count). The van der Waals surface area contributed by atoms with Crippen molar-refractivity contribution >= 4 is 23.1 Å². The summed E-state index contributed by atoms with van der Waals surface area (Å²) < 4.78 is 2.71. The van der Waals surface area contributed by atoms with Gasteiger partial charge in [-0.2, -0.15) is 0 Å². The molecule has 0 spiro atoms. The predicted molar refractivity (Wildman–Crippen MR) is 76.6 cm³/mol. The summed E-state index contributed by atoms with van der Waals surface area (Å²) in [5, 5.41) is 1.01. The summed E-state index contributed by atoms with van der Waals surface area (Å²) in [6.07, 6.45) is 1.79. The molecule has 18 heavy (non-hydrogen) atoms. The average molecular weight is 252 g/mol. The van der Waals surface area contributed by atoms with E-state index in [1.165, 1.54) is 5.56 Å². The van der Waals surface area contributed by atoms with Gasteiger partial charge in [-0.1, -0.05) is 42.0 Å². The van der Waals surface area contributed by atoms with Crippen molar-refractivity contribution in [2.45, 2.75) is 6.92 Å². The van der Waals surface area contributed by atoms with Crippen LogP contribution in [0, 0.1) is 11.6 Å². The predicted octanol–water partition coefficient (Wildman–Crippen LogP) is 4.06. The summed E-state index contributed by atoms with van der Waals surface area (Å²) in [5.41, 5.74) is 3.43. The van der Waals surface area contributed by atoms with Crippen molar-refractivity contribution in [1.29, 1.82) is 0 Å². The average Bonchev–Trinajstić information content (AvgIpc) is 2.41. The number of nitrogens with zero attached hydrogens (tertiary/aromatic N) is 2. The van der Waals surface area contributed by atoms with E-state index in [4.69, 9.17) is 12.2 Å². The molecule has 0 fully saturated rings. The Morgan fingerprint density at radius 3 is 2.50 bits per heavy atom. The second kappa shape index (κ2) is 4.35. The highest BCUT2D eigenvalue weighted by Crippen LogP contribution is 2.18. The van der Waals surface area contributed by atoms with E-state index in [2.05, 4.69) is 46.8 Å². The molecule has 2 aromatic carbocycles. The zero-order valence-electron chi connectivity index (χ0n) is 10.00. The van der Waals surface area contributed by atoms with E-state index in [0.717, 1.165) is 16.6 Å². The van der Waals surface area contributed by atoms with Gasteiger partial charge in [0.1, 0.15) is 11.0 Å². The van der Waals surface area contributed by atoms with Gasteiger partial charge < -0.3 is 4.57 Å². The Morgan fingerprint density at radius 1 is 1.00 bits per heavy atom. The lowest BCUT2D eigenvalue weighted by Gasteiger charge is -2.10. The maximum atomic E-state index is 5.26. The molecule has 0 aliphatic rings. The monoisotopic (exact) mass is 252 g/mol. The third kappa shape index (κ3) is 1.83. The molecule has 0 bridgehead atoms. The van der Waals surface area contributed by atoms with Gasteiger partial charge in [0.2, 0.25) is 0 Å². The van der Waals surface area contributed by atoms with Crippen LogP contribution in [0.15, 0.2) is 54.9 Å². The number of aryl methyl sites for hydroxylation is 1. The van der Waals surface area contributed by atoms with E-state index in [0.29, 0.717) is 4.64 Å². The Bertz CT molecular complexity index is 757. The Balaban J connectivity index is 2.33. The lowest BCUT2D eigenvalue weighted by atomic mass is 10.2. The fourth-order valence-corrected chi connectivity index (χ4v) is 2.24. The normalized spacial score (nSPS) is 10.7. The molecule has 0 unspecified atom stereocenters. The summed E-state index contributed by atoms with van der Waals surface area (Å²) in [6.45, 7) is 2.08.